The maximum atomic E-state index is 5.37. The van der Waals surface area contributed by atoms with Crippen molar-refractivity contribution >= 4 is 72.3 Å². The highest BCUT2D eigenvalue weighted by atomic mass is 32.2. The predicted molar refractivity (Wildman–Crippen MR) is 246 cm³/mol. The number of para-hydroxylation sites is 3. The van der Waals surface area contributed by atoms with E-state index in [4.69, 9.17) is 9.97 Å². The van der Waals surface area contributed by atoms with Crippen LogP contribution in [0.2, 0.25) is 0 Å². The van der Waals surface area contributed by atoms with Gasteiger partial charge in [0.25, 0.3) is 0 Å². The molecule has 0 N–H and O–H groups in total. The van der Waals surface area contributed by atoms with Crippen LogP contribution < -0.4 is 4.90 Å². The van der Waals surface area contributed by atoms with Crippen LogP contribution in [0.4, 0.5) is 17.1 Å². The van der Waals surface area contributed by atoms with Crippen LogP contribution in [0.25, 0.3) is 82.9 Å². The first-order chi connectivity index (χ1) is 29.3. The minimum absolute atomic E-state index is 0.653. The summed E-state index contributed by atoms with van der Waals surface area (Å²) in [5.74, 6) is 0.653. The first kappa shape index (κ1) is 33.6. The van der Waals surface area contributed by atoms with Crippen LogP contribution in [0.3, 0.4) is 0 Å². The maximum Gasteiger partial charge on any atom is 0.235 e. The normalized spacial score (nSPS) is 12.3. The van der Waals surface area contributed by atoms with E-state index in [-0.39, 0.29) is 0 Å². The van der Waals surface area contributed by atoms with Crippen molar-refractivity contribution in [3.05, 3.63) is 206 Å². The van der Waals surface area contributed by atoms with Gasteiger partial charge in [-0.3, -0.25) is 4.57 Å². The zero-order valence-electron chi connectivity index (χ0n) is 31.8. The van der Waals surface area contributed by atoms with Crippen molar-refractivity contribution < 1.29 is 0 Å². The lowest BCUT2D eigenvalue weighted by Gasteiger charge is -2.33. The van der Waals surface area contributed by atoms with Crippen LogP contribution in [0, 0.1) is 0 Å². The van der Waals surface area contributed by atoms with Crippen molar-refractivity contribution in [2.24, 2.45) is 0 Å². The Bertz CT molecular complexity index is 3430. The van der Waals surface area contributed by atoms with Gasteiger partial charge in [-0.05, 0) is 93.7 Å². The molecule has 11 aromatic rings. The van der Waals surface area contributed by atoms with Crippen molar-refractivity contribution in [3.8, 4) is 39.5 Å². The van der Waals surface area contributed by atoms with E-state index in [0.717, 1.165) is 50.0 Å². The third-order valence-corrected chi connectivity index (χ3v) is 12.7. The van der Waals surface area contributed by atoms with E-state index in [2.05, 4.69) is 210 Å². The molecule has 59 heavy (non-hydrogen) atoms. The van der Waals surface area contributed by atoms with Crippen molar-refractivity contribution in [3.63, 3.8) is 0 Å². The van der Waals surface area contributed by atoms with Gasteiger partial charge in [0.1, 0.15) is 0 Å². The lowest BCUT2D eigenvalue weighted by atomic mass is 9.94. The van der Waals surface area contributed by atoms with E-state index < -0.39 is 0 Å². The van der Waals surface area contributed by atoms with Gasteiger partial charge in [0.15, 0.2) is 0 Å². The highest BCUT2D eigenvalue weighted by molar-refractivity contribution is 7.99. The number of fused-ring (bicyclic) bond motifs is 8. The Kier molecular flexibility index (Phi) is 7.75. The fourth-order valence-electron chi connectivity index (χ4n) is 8.92. The number of rotatable bonds is 5. The largest absolute Gasteiger partial charge is 0.308 e. The van der Waals surface area contributed by atoms with Crippen LogP contribution in [-0.4, -0.2) is 14.5 Å². The summed E-state index contributed by atoms with van der Waals surface area (Å²) < 4.78 is 2.26. The summed E-state index contributed by atoms with van der Waals surface area (Å²) in [4.78, 5) is 15.5. The highest BCUT2D eigenvalue weighted by Gasteiger charge is 2.26. The van der Waals surface area contributed by atoms with Gasteiger partial charge in [0, 0.05) is 37.2 Å². The van der Waals surface area contributed by atoms with E-state index in [0.29, 0.717) is 5.95 Å². The summed E-state index contributed by atoms with van der Waals surface area (Å²) in [7, 11) is 0. The van der Waals surface area contributed by atoms with E-state index in [9.17, 15) is 0 Å². The molecule has 1 aliphatic rings. The van der Waals surface area contributed by atoms with Gasteiger partial charge >= 0.3 is 0 Å². The van der Waals surface area contributed by atoms with Gasteiger partial charge in [0.2, 0.25) is 5.95 Å². The number of aromatic nitrogens is 3. The number of benzene rings is 9. The van der Waals surface area contributed by atoms with E-state index >= 15 is 0 Å². The molecule has 0 spiro atoms. The lowest BCUT2D eigenvalue weighted by Crippen LogP contribution is -2.14. The molecule has 276 valence electrons. The quantitative estimate of drug-likeness (QED) is 0.175. The van der Waals surface area contributed by atoms with Gasteiger partial charge < -0.3 is 4.90 Å². The summed E-state index contributed by atoms with van der Waals surface area (Å²) in [6, 6.07) is 73.9. The molecule has 1 aliphatic heterocycles. The van der Waals surface area contributed by atoms with Gasteiger partial charge in [-0.2, -0.15) is 0 Å². The average molecular weight is 771 g/mol. The Morgan fingerprint density at radius 2 is 1.08 bits per heavy atom. The smallest absolute Gasteiger partial charge is 0.235 e. The molecule has 9 aromatic carbocycles. The Morgan fingerprint density at radius 3 is 1.98 bits per heavy atom. The van der Waals surface area contributed by atoms with E-state index in [1.54, 1.807) is 0 Å². The molecule has 4 nitrogen and oxygen atoms in total. The number of anilines is 3. The fourth-order valence-corrected chi connectivity index (χ4v) is 9.96. The van der Waals surface area contributed by atoms with E-state index in [1.807, 2.05) is 17.8 Å². The molecule has 0 amide bonds. The minimum Gasteiger partial charge on any atom is -0.308 e. The molecule has 0 aliphatic carbocycles. The lowest BCUT2D eigenvalue weighted by molar-refractivity contribution is 1.01. The van der Waals surface area contributed by atoms with Crippen LogP contribution in [0.15, 0.2) is 216 Å². The summed E-state index contributed by atoms with van der Waals surface area (Å²) in [6.07, 6.45) is 0. The summed E-state index contributed by atoms with van der Waals surface area (Å²) in [5, 5.41) is 5.81. The molecule has 0 unspecified atom stereocenters. The molecular formula is C54H34N4S. The molecule has 5 heteroatoms. The highest BCUT2D eigenvalue weighted by Crippen LogP contribution is 2.52. The topological polar surface area (TPSA) is 34.0 Å². The summed E-state index contributed by atoms with van der Waals surface area (Å²) in [5.41, 5.74) is 13.2. The first-order valence-electron chi connectivity index (χ1n) is 19.9. The molecule has 0 fully saturated rings. The number of hydrogen-bond donors (Lipinski definition) is 0. The molecule has 0 bridgehead atoms. The average Bonchev–Trinajstić information content (AvgIpc) is 3.66. The molecule has 0 atom stereocenters. The zero-order chi connectivity index (χ0) is 38.9. The van der Waals surface area contributed by atoms with Gasteiger partial charge in [-0.25, -0.2) is 9.97 Å². The van der Waals surface area contributed by atoms with Crippen molar-refractivity contribution in [1.29, 1.82) is 0 Å². The monoisotopic (exact) mass is 770 g/mol. The van der Waals surface area contributed by atoms with Crippen LogP contribution in [0.1, 0.15) is 0 Å². The second kappa shape index (κ2) is 13.6. The Balaban J connectivity index is 1.07. The molecule has 0 saturated heterocycles. The summed E-state index contributed by atoms with van der Waals surface area (Å²) >= 11 is 1.83. The molecular weight excluding hydrogens is 737 g/mol. The Hall–Kier alpha value is -7.47. The first-order valence-corrected chi connectivity index (χ1v) is 20.7. The predicted octanol–water partition coefficient (Wildman–Crippen LogP) is 14.8. The minimum atomic E-state index is 0.653. The number of hydrogen-bond acceptors (Lipinski definition) is 4. The van der Waals surface area contributed by atoms with Crippen LogP contribution >= 0.6 is 11.8 Å². The van der Waals surface area contributed by atoms with Crippen LogP contribution in [0.5, 0.6) is 0 Å². The Labute approximate surface area is 345 Å². The van der Waals surface area contributed by atoms with Gasteiger partial charge in [-0.15, -0.1) is 0 Å². The SMILES string of the molecule is c1ccc(-c2nc(-n3c4cccc(-c5cccc(-c6ccc7c(c6)N(c6ccccc6)c6ccccc6S7)c5)c4c4c5ccccc5ccc43)nc3ccccc23)cc1. The van der Waals surface area contributed by atoms with E-state index in [1.165, 1.54) is 53.8 Å². The van der Waals surface area contributed by atoms with Crippen molar-refractivity contribution in [2.75, 3.05) is 4.90 Å². The van der Waals surface area contributed by atoms with Gasteiger partial charge in [0.05, 0.1) is 33.6 Å². The molecule has 0 saturated carbocycles. The molecule has 2 aromatic heterocycles. The standard InChI is InChI=1S/C54H34N4S/c1-3-16-36(17-4-1)53-43-23-9-10-25-44(43)55-54(56-53)58-46-27-14-24-42(52(46)51-41-22-8-7-15-35(41)29-31-47(51)58)39-19-13-18-37(33-39)38-30-32-50-48(34-38)57(40-20-5-2-6-21-40)45-26-11-12-28-49(45)59-50/h1-34H. The molecule has 3 heterocycles. The molecule has 12 rings (SSSR count). The second-order valence-corrected chi connectivity index (χ2v) is 16.1. The summed E-state index contributed by atoms with van der Waals surface area (Å²) in [6.45, 7) is 0. The van der Waals surface area contributed by atoms with Crippen molar-refractivity contribution in [2.45, 2.75) is 9.79 Å². The third kappa shape index (κ3) is 5.47. The van der Waals surface area contributed by atoms with Crippen LogP contribution in [-0.2, 0) is 0 Å². The maximum absolute atomic E-state index is 5.37. The third-order valence-electron chi connectivity index (χ3n) is 11.6. The zero-order valence-corrected chi connectivity index (χ0v) is 32.6. The fraction of sp³-hybridized carbons (Fsp3) is 0. The molecule has 0 radical (unpaired) electrons. The van der Waals surface area contributed by atoms with Crippen molar-refractivity contribution in [1.82, 2.24) is 14.5 Å². The second-order valence-electron chi connectivity index (χ2n) is 15.0. The Morgan fingerprint density at radius 1 is 0.407 bits per heavy atom. The number of nitrogens with zero attached hydrogens (tertiary/aromatic N) is 4. The van der Waals surface area contributed by atoms with Gasteiger partial charge in [-0.1, -0.05) is 157 Å².